The van der Waals surface area contributed by atoms with Gasteiger partial charge >= 0.3 is 0 Å². The maximum absolute atomic E-state index is 15.1. The maximum atomic E-state index is 15.1. The van der Waals surface area contributed by atoms with Crippen LogP contribution >= 0.6 is 0 Å². The number of Topliss-reactive ketones (excluding diaryl/α,β-unsaturated/α-hetero) is 1. The van der Waals surface area contributed by atoms with Crippen molar-refractivity contribution in [1.82, 2.24) is 5.32 Å². The number of piperidine rings is 1. The molecule has 8 heteroatoms. The summed E-state index contributed by atoms with van der Waals surface area (Å²) in [6.07, 6.45) is 9.92. The van der Waals surface area contributed by atoms with Crippen LogP contribution in [0.1, 0.15) is 92.0 Å². The van der Waals surface area contributed by atoms with Crippen molar-refractivity contribution in [1.29, 1.82) is 0 Å². The molecule has 0 bridgehead atoms. The number of aromatic hydroxyl groups is 3. The minimum Gasteiger partial charge on any atom is -0.504 e. The van der Waals surface area contributed by atoms with Crippen LogP contribution in [0.5, 0.6) is 23.0 Å². The number of ketones is 1. The molecule has 1 aliphatic heterocycles. The molecular formula is C45H53NO7. The Morgan fingerprint density at radius 3 is 2.53 bits per heavy atom. The summed E-state index contributed by atoms with van der Waals surface area (Å²) in [6.45, 7) is 2.34. The Morgan fingerprint density at radius 2 is 1.77 bits per heavy atom. The van der Waals surface area contributed by atoms with Crippen LogP contribution in [0, 0.1) is 41.4 Å². The predicted octanol–water partition coefficient (Wildman–Crippen LogP) is 6.75. The molecule has 1 spiro atoms. The van der Waals surface area contributed by atoms with Gasteiger partial charge in [0.15, 0.2) is 23.0 Å². The fourth-order valence-electron chi connectivity index (χ4n) is 10.4. The average molecular weight is 720 g/mol. The van der Waals surface area contributed by atoms with Gasteiger partial charge in [-0.25, -0.2) is 0 Å². The van der Waals surface area contributed by atoms with Gasteiger partial charge in [0, 0.05) is 54.0 Å². The number of carbonyl (C=O) groups excluding carboxylic acids is 1. The molecule has 7 rings (SSSR count). The van der Waals surface area contributed by atoms with Crippen LogP contribution in [0.3, 0.4) is 0 Å². The lowest BCUT2D eigenvalue weighted by atomic mass is 9.46. The highest BCUT2D eigenvalue weighted by Gasteiger charge is 2.62. The van der Waals surface area contributed by atoms with E-state index < -0.39 is 29.3 Å². The summed E-state index contributed by atoms with van der Waals surface area (Å²) in [5.41, 5.74) is 3.33. The molecule has 1 saturated heterocycles. The first-order chi connectivity index (χ1) is 25.7. The largest absolute Gasteiger partial charge is 0.504 e. The number of ether oxygens (including phenoxy) is 1. The number of hydrogen-bond acceptors (Lipinski definition) is 8. The van der Waals surface area contributed by atoms with Crippen LogP contribution in [0.4, 0.5) is 0 Å². The molecule has 3 aromatic carbocycles. The van der Waals surface area contributed by atoms with Crippen LogP contribution in [-0.4, -0.2) is 57.1 Å². The first kappa shape index (κ1) is 37.0. The van der Waals surface area contributed by atoms with Crippen LogP contribution < -0.4 is 10.1 Å². The summed E-state index contributed by atoms with van der Waals surface area (Å²) in [5, 5.41) is 59.7. The van der Waals surface area contributed by atoms with Crippen LogP contribution in [0.25, 0.3) is 6.08 Å². The van der Waals surface area contributed by atoms with Crippen molar-refractivity contribution in [3.8, 4) is 34.8 Å². The highest BCUT2D eigenvalue weighted by Crippen LogP contribution is 2.59. The lowest BCUT2D eigenvalue weighted by Gasteiger charge is -2.61. The summed E-state index contributed by atoms with van der Waals surface area (Å²) in [4.78, 5) is 15.1. The lowest BCUT2D eigenvalue weighted by molar-refractivity contribution is -0.133. The number of methoxy groups -OCH3 is 1. The second-order valence-electron chi connectivity index (χ2n) is 15.7. The van der Waals surface area contributed by atoms with Crippen LogP contribution in [0.2, 0.25) is 0 Å². The number of benzene rings is 3. The second kappa shape index (κ2) is 15.6. The van der Waals surface area contributed by atoms with Crippen LogP contribution in [0.15, 0.2) is 60.7 Å². The second-order valence-corrected chi connectivity index (χ2v) is 15.7. The molecule has 2 fully saturated rings. The highest BCUT2D eigenvalue weighted by atomic mass is 16.5. The third kappa shape index (κ3) is 6.73. The first-order valence-corrected chi connectivity index (χ1v) is 19.5. The van der Waals surface area contributed by atoms with Gasteiger partial charge in [-0.3, -0.25) is 4.79 Å². The Kier molecular flexibility index (Phi) is 10.9. The zero-order valence-corrected chi connectivity index (χ0v) is 30.8. The number of allylic oxidation sites excluding steroid dienone is 1. The van der Waals surface area contributed by atoms with Gasteiger partial charge in [0.25, 0.3) is 0 Å². The van der Waals surface area contributed by atoms with E-state index in [0.717, 1.165) is 55.2 Å². The minimum atomic E-state index is -1.02. The Labute approximate surface area is 312 Å². The van der Waals surface area contributed by atoms with E-state index >= 15 is 4.79 Å². The highest BCUT2D eigenvalue weighted by molar-refractivity contribution is 5.83. The number of nitrogens with one attached hydrogen (secondary N) is 1. The van der Waals surface area contributed by atoms with Crippen LogP contribution in [-0.2, 0) is 23.2 Å². The number of unbranched alkanes of at least 4 members (excludes halogenated alkanes) is 2. The van der Waals surface area contributed by atoms with E-state index in [4.69, 9.17) is 4.74 Å². The zero-order valence-electron chi connectivity index (χ0n) is 30.8. The van der Waals surface area contributed by atoms with Crippen molar-refractivity contribution in [3.63, 3.8) is 0 Å². The van der Waals surface area contributed by atoms with Gasteiger partial charge in [-0.1, -0.05) is 86.9 Å². The summed E-state index contributed by atoms with van der Waals surface area (Å²) in [6, 6.07) is 16.6. The fraction of sp³-hybridized carbons (Fsp3) is 0.489. The molecule has 0 unspecified atom stereocenters. The molecule has 0 aromatic heterocycles. The van der Waals surface area contributed by atoms with Gasteiger partial charge < -0.3 is 35.6 Å². The van der Waals surface area contributed by atoms with E-state index in [1.54, 1.807) is 18.2 Å². The molecule has 3 aliphatic carbocycles. The Balaban J connectivity index is 1.45. The predicted molar refractivity (Wildman–Crippen MR) is 205 cm³/mol. The van der Waals surface area contributed by atoms with Gasteiger partial charge in [-0.05, 0) is 83.7 Å². The molecule has 53 heavy (non-hydrogen) atoms. The van der Waals surface area contributed by atoms with Crippen molar-refractivity contribution >= 4 is 11.9 Å². The summed E-state index contributed by atoms with van der Waals surface area (Å²) >= 11 is 0. The lowest BCUT2D eigenvalue weighted by Crippen LogP contribution is -2.69. The van der Waals surface area contributed by atoms with Crippen molar-refractivity contribution in [2.24, 2.45) is 29.6 Å². The molecular weight excluding hydrogens is 666 g/mol. The smallest absolute Gasteiger partial charge is 0.160 e. The van der Waals surface area contributed by atoms with Crippen molar-refractivity contribution in [2.75, 3.05) is 13.7 Å². The summed E-state index contributed by atoms with van der Waals surface area (Å²) in [7, 11) is 1.48. The topological polar surface area (TPSA) is 139 Å². The Hall–Kier alpha value is -4.29. The third-order valence-corrected chi connectivity index (χ3v) is 12.9. The van der Waals surface area contributed by atoms with Crippen molar-refractivity contribution in [2.45, 2.75) is 94.8 Å². The van der Waals surface area contributed by atoms with E-state index in [-0.39, 0.29) is 65.6 Å². The molecule has 4 aliphatic rings. The number of hydrogen-bond donors (Lipinski definition) is 6. The van der Waals surface area contributed by atoms with E-state index in [1.807, 2.05) is 24.3 Å². The fourth-order valence-corrected chi connectivity index (χ4v) is 10.4. The summed E-state index contributed by atoms with van der Waals surface area (Å²) in [5.74, 6) is 5.00. The standard InChI is InChI=1S/C45H53NO7/c1-3-4-6-13-33-37(48)22-34(35-23-41(53-2)40(51)21-31(35)26-47)28(19-27-10-7-5-8-11-27)15-16-30-25-46-42-14-9-12-32-18-17-29-20-38(49)39(50)24-36(29)45(32,42)43(30)44(33)52/h5,7-8,10-11,17-18,20-21,23-24,28,30,32-34,42-44,46-47,49-52H,3-4,6,9,12-14,19,22,25-26H2,1-2H3/t28-,30+,32-,33-,34-,42+,43+,44+,45+/m1/s1. The Morgan fingerprint density at radius 1 is 0.981 bits per heavy atom. The number of rotatable bonds is 9. The molecule has 1 heterocycles. The monoisotopic (exact) mass is 719 g/mol. The third-order valence-electron chi connectivity index (χ3n) is 12.9. The quantitative estimate of drug-likeness (QED) is 0.0812. The molecule has 3 aromatic rings. The van der Waals surface area contributed by atoms with Gasteiger partial charge in [0.1, 0.15) is 5.78 Å². The number of carbonyl (C=O) groups is 1. The van der Waals surface area contributed by atoms with E-state index in [9.17, 15) is 25.5 Å². The van der Waals surface area contributed by atoms with Crippen molar-refractivity contribution in [3.05, 3.63) is 88.5 Å². The molecule has 9 atom stereocenters. The zero-order chi connectivity index (χ0) is 37.3. The number of fused-ring (bicyclic) bond motifs is 2. The SMILES string of the molecule is CCCCC[C@@H]1C(=O)C[C@@H](c2cc(OC)c(O)cc2CO)[C@@H](Cc2ccccc2)C#C[C@H]2CN[C@H]3CCC[C@@H]4C=Cc5cc(O)c(O)cc5[C@]34[C@@H]2[C@H]1O. The molecule has 8 nitrogen and oxygen atoms in total. The van der Waals surface area contributed by atoms with E-state index in [1.165, 1.54) is 13.2 Å². The number of aliphatic hydroxyl groups is 2. The molecule has 280 valence electrons. The number of phenolic OH excluding ortho intramolecular Hbond substituents is 3. The minimum absolute atomic E-state index is 0.0228. The molecule has 6 N–H and O–H groups in total. The Bertz CT molecular complexity index is 1900. The molecule has 0 radical (unpaired) electrons. The van der Waals surface area contributed by atoms with Gasteiger partial charge in [-0.2, -0.15) is 0 Å². The van der Waals surface area contributed by atoms with E-state index in [2.05, 4.69) is 42.3 Å². The van der Waals surface area contributed by atoms with E-state index in [0.29, 0.717) is 30.5 Å². The number of aliphatic hydroxyl groups excluding tert-OH is 2. The average Bonchev–Trinajstić information content (AvgIpc) is 3.16. The molecule has 0 amide bonds. The number of phenols is 3. The van der Waals surface area contributed by atoms with Gasteiger partial charge in [0.05, 0.1) is 19.8 Å². The molecule has 1 saturated carbocycles. The van der Waals surface area contributed by atoms with Gasteiger partial charge in [0.2, 0.25) is 0 Å². The van der Waals surface area contributed by atoms with Gasteiger partial charge in [-0.15, -0.1) is 0 Å². The normalized spacial score (nSPS) is 30.5. The summed E-state index contributed by atoms with van der Waals surface area (Å²) < 4.78 is 5.54. The maximum Gasteiger partial charge on any atom is 0.160 e. The first-order valence-electron chi connectivity index (χ1n) is 19.5. The van der Waals surface area contributed by atoms with Crippen molar-refractivity contribution < 1.29 is 35.1 Å².